The molecule has 3 N–H and O–H groups in total. The summed E-state index contributed by atoms with van der Waals surface area (Å²) in [5, 5.41) is 28.9. The summed E-state index contributed by atoms with van der Waals surface area (Å²) in [6.45, 7) is 2.74. The summed E-state index contributed by atoms with van der Waals surface area (Å²) in [6, 6.07) is 0. The molecule has 5 heteroatoms. The zero-order chi connectivity index (χ0) is 21.9. The summed E-state index contributed by atoms with van der Waals surface area (Å²) in [5.74, 6) is 0. The molecule has 1 heterocycles. The summed E-state index contributed by atoms with van der Waals surface area (Å²) in [5.41, 5.74) is 0. The van der Waals surface area contributed by atoms with E-state index in [0.717, 1.165) is 19.3 Å². The molecule has 0 aromatic heterocycles. The molecule has 4 atom stereocenters. The molecule has 1 aliphatic rings. The predicted molar refractivity (Wildman–Crippen MR) is 123 cm³/mol. The molecular formula is C25H48O5. The van der Waals surface area contributed by atoms with E-state index in [9.17, 15) is 10.2 Å². The van der Waals surface area contributed by atoms with Gasteiger partial charge in [0.05, 0.1) is 13.2 Å². The fourth-order valence-corrected chi connectivity index (χ4v) is 3.92. The largest absolute Gasteiger partial charge is 0.394 e. The first kappa shape index (κ1) is 27.6. The Morgan fingerprint density at radius 3 is 1.87 bits per heavy atom. The number of hydrogen-bond donors (Lipinski definition) is 3. The molecule has 0 aromatic rings. The van der Waals surface area contributed by atoms with E-state index in [4.69, 9.17) is 14.6 Å². The van der Waals surface area contributed by atoms with E-state index < -0.39 is 24.4 Å². The number of ether oxygens (including phenoxy) is 2. The molecule has 0 amide bonds. The van der Waals surface area contributed by atoms with Gasteiger partial charge in [0.25, 0.3) is 0 Å². The standard InChI is InChI=1S/C25H48O5/c1-2-3-4-5-6-7-8-9-10-11-12-13-14-15-16-17-18-19-29-23-21-30-22(20-26)24(27)25(23)28/h14-15,22-28H,2-13,16-21H2,1H3/b15-14+/t22-,23+,24-,25-/m1/s1. The van der Waals surface area contributed by atoms with Crippen LogP contribution in [0.3, 0.4) is 0 Å². The van der Waals surface area contributed by atoms with Gasteiger partial charge in [-0.2, -0.15) is 0 Å². The van der Waals surface area contributed by atoms with Crippen molar-refractivity contribution >= 4 is 0 Å². The second kappa shape index (κ2) is 19.2. The lowest BCUT2D eigenvalue weighted by Crippen LogP contribution is -2.55. The van der Waals surface area contributed by atoms with Crippen molar-refractivity contribution in [3.8, 4) is 0 Å². The molecule has 0 bridgehead atoms. The second-order valence-electron chi connectivity index (χ2n) is 8.74. The predicted octanol–water partition coefficient (Wildman–Crippen LogP) is 4.91. The van der Waals surface area contributed by atoms with Crippen molar-refractivity contribution in [1.29, 1.82) is 0 Å². The summed E-state index contributed by atoms with van der Waals surface area (Å²) in [4.78, 5) is 0. The molecule has 1 fully saturated rings. The van der Waals surface area contributed by atoms with Gasteiger partial charge >= 0.3 is 0 Å². The molecule has 1 rings (SSSR count). The van der Waals surface area contributed by atoms with Gasteiger partial charge in [0.2, 0.25) is 0 Å². The van der Waals surface area contributed by atoms with Gasteiger partial charge in [-0.05, 0) is 32.1 Å². The van der Waals surface area contributed by atoms with Crippen molar-refractivity contribution in [2.24, 2.45) is 0 Å². The van der Waals surface area contributed by atoms with E-state index in [1.807, 2.05) is 0 Å². The van der Waals surface area contributed by atoms with Crippen molar-refractivity contribution in [1.82, 2.24) is 0 Å². The summed E-state index contributed by atoms with van der Waals surface area (Å²) >= 11 is 0. The third-order valence-corrected chi connectivity index (χ3v) is 6.00. The van der Waals surface area contributed by atoms with Gasteiger partial charge in [-0.15, -0.1) is 0 Å². The van der Waals surface area contributed by atoms with Gasteiger partial charge in [-0.1, -0.05) is 83.3 Å². The van der Waals surface area contributed by atoms with Crippen LogP contribution in [-0.4, -0.2) is 59.6 Å². The first-order chi connectivity index (χ1) is 14.7. The lowest BCUT2D eigenvalue weighted by Gasteiger charge is -2.36. The lowest BCUT2D eigenvalue weighted by molar-refractivity contribution is -0.208. The Balaban J connectivity index is 1.83. The van der Waals surface area contributed by atoms with Crippen LogP contribution in [0.4, 0.5) is 0 Å². The molecule has 178 valence electrons. The zero-order valence-corrected chi connectivity index (χ0v) is 19.4. The van der Waals surface area contributed by atoms with E-state index in [1.54, 1.807) is 0 Å². The fourth-order valence-electron chi connectivity index (χ4n) is 3.92. The molecule has 5 nitrogen and oxygen atoms in total. The van der Waals surface area contributed by atoms with Gasteiger partial charge in [-0.3, -0.25) is 0 Å². The molecule has 1 aliphatic heterocycles. The second-order valence-corrected chi connectivity index (χ2v) is 8.74. The monoisotopic (exact) mass is 428 g/mol. The SMILES string of the molecule is CCCCCCCCCCCCC/C=C/CCCCO[C@H]1CO[C@H](CO)[C@@H](O)[C@@H]1O. The minimum atomic E-state index is -1.09. The highest BCUT2D eigenvalue weighted by Crippen LogP contribution is 2.18. The molecule has 0 aromatic carbocycles. The number of aliphatic hydroxyl groups excluding tert-OH is 3. The topological polar surface area (TPSA) is 79.2 Å². The van der Waals surface area contributed by atoms with Crippen LogP contribution in [-0.2, 0) is 9.47 Å². The Labute approximate surface area is 184 Å². The van der Waals surface area contributed by atoms with E-state index >= 15 is 0 Å². The van der Waals surface area contributed by atoms with Crippen molar-refractivity contribution < 1.29 is 24.8 Å². The van der Waals surface area contributed by atoms with Crippen molar-refractivity contribution in [2.45, 2.75) is 128 Å². The lowest BCUT2D eigenvalue weighted by atomic mass is 10.0. The van der Waals surface area contributed by atoms with Gasteiger partial charge in [0.15, 0.2) is 0 Å². The van der Waals surface area contributed by atoms with E-state index in [-0.39, 0.29) is 13.2 Å². The van der Waals surface area contributed by atoms with Gasteiger partial charge in [0, 0.05) is 6.61 Å². The van der Waals surface area contributed by atoms with Crippen LogP contribution in [0.25, 0.3) is 0 Å². The normalized spacial score (nSPS) is 24.7. The third kappa shape index (κ3) is 13.1. The van der Waals surface area contributed by atoms with E-state index in [2.05, 4.69) is 19.1 Å². The molecule has 1 saturated heterocycles. The van der Waals surface area contributed by atoms with Crippen LogP contribution < -0.4 is 0 Å². The minimum absolute atomic E-state index is 0.211. The number of hydrogen-bond acceptors (Lipinski definition) is 5. The fraction of sp³-hybridized carbons (Fsp3) is 0.920. The number of unbranched alkanes of at least 4 members (excludes halogenated alkanes) is 13. The Morgan fingerprint density at radius 1 is 0.767 bits per heavy atom. The maximum Gasteiger partial charge on any atom is 0.111 e. The van der Waals surface area contributed by atoms with Gasteiger partial charge in [0.1, 0.15) is 24.4 Å². The van der Waals surface area contributed by atoms with Crippen LogP contribution in [0, 0.1) is 0 Å². The highest BCUT2D eigenvalue weighted by Gasteiger charge is 2.38. The van der Waals surface area contributed by atoms with Gasteiger partial charge < -0.3 is 24.8 Å². The van der Waals surface area contributed by atoms with Crippen LogP contribution >= 0.6 is 0 Å². The van der Waals surface area contributed by atoms with Crippen molar-refractivity contribution in [3.05, 3.63) is 12.2 Å². The Bertz CT molecular complexity index is 401. The van der Waals surface area contributed by atoms with Crippen molar-refractivity contribution in [3.63, 3.8) is 0 Å². The first-order valence-electron chi connectivity index (χ1n) is 12.6. The van der Waals surface area contributed by atoms with Crippen LogP contribution in [0.1, 0.15) is 103 Å². The minimum Gasteiger partial charge on any atom is -0.394 e. The summed E-state index contributed by atoms with van der Waals surface area (Å²) in [7, 11) is 0. The highest BCUT2D eigenvalue weighted by molar-refractivity contribution is 4.87. The summed E-state index contributed by atoms with van der Waals surface area (Å²) < 4.78 is 11.0. The van der Waals surface area contributed by atoms with Crippen LogP contribution in [0.2, 0.25) is 0 Å². The smallest absolute Gasteiger partial charge is 0.111 e. The van der Waals surface area contributed by atoms with Crippen LogP contribution in [0.15, 0.2) is 12.2 Å². The Kier molecular flexibility index (Phi) is 17.7. The third-order valence-electron chi connectivity index (χ3n) is 6.00. The van der Waals surface area contributed by atoms with Gasteiger partial charge in [-0.25, -0.2) is 0 Å². The zero-order valence-electron chi connectivity index (χ0n) is 19.4. The number of rotatable bonds is 19. The molecule has 0 unspecified atom stereocenters. The Hall–Kier alpha value is -0.460. The maximum absolute atomic E-state index is 10.0. The molecule has 0 aliphatic carbocycles. The first-order valence-corrected chi connectivity index (χ1v) is 12.6. The summed E-state index contributed by atoms with van der Waals surface area (Å²) in [6.07, 6.45) is 20.7. The average Bonchev–Trinajstić information content (AvgIpc) is 2.75. The molecule has 0 spiro atoms. The van der Waals surface area contributed by atoms with E-state index in [0.29, 0.717) is 6.61 Å². The maximum atomic E-state index is 10.0. The molecule has 0 radical (unpaired) electrons. The quantitative estimate of drug-likeness (QED) is 0.201. The highest BCUT2D eigenvalue weighted by atomic mass is 16.6. The van der Waals surface area contributed by atoms with Crippen LogP contribution in [0.5, 0.6) is 0 Å². The molecule has 30 heavy (non-hydrogen) atoms. The average molecular weight is 429 g/mol. The number of allylic oxidation sites excluding steroid dienone is 2. The molecule has 0 saturated carbocycles. The van der Waals surface area contributed by atoms with E-state index in [1.165, 1.54) is 77.0 Å². The van der Waals surface area contributed by atoms with Crippen molar-refractivity contribution in [2.75, 3.05) is 19.8 Å². The molecular weight excluding hydrogens is 380 g/mol. The number of aliphatic hydroxyl groups is 3. The Morgan fingerprint density at radius 2 is 1.30 bits per heavy atom.